The van der Waals surface area contributed by atoms with Gasteiger partial charge in [-0.05, 0) is 36.8 Å². The summed E-state index contributed by atoms with van der Waals surface area (Å²) in [7, 11) is 0. The van der Waals surface area contributed by atoms with Crippen LogP contribution in [0, 0.1) is 6.92 Å². The number of aryl methyl sites for hydroxylation is 1. The molecule has 3 aromatic rings. The van der Waals surface area contributed by atoms with Crippen molar-refractivity contribution in [3.63, 3.8) is 0 Å². The van der Waals surface area contributed by atoms with Gasteiger partial charge in [-0.3, -0.25) is 14.2 Å². The highest BCUT2D eigenvalue weighted by Crippen LogP contribution is 2.12. The van der Waals surface area contributed by atoms with Gasteiger partial charge in [-0.2, -0.15) is 0 Å². The molecule has 4 nitrogen and oxygen atoms in total. The first-order valence-electron chi connectivity index (χ1n) is 5.65. The lowest BCUT2D eigenvalue weighted by atomic mass is 10.2. The lowest BCUT2D eigenvalue weighted by Gasteiger charge is -2.01. The highest BCUT2D eigenvalue weighted by molar-refractivity contribution is 6.06. The Labute approximate surface area is 104 Å². The molecule has 0 atom stereocenters. The monoisotopic (exact) mass is 237 g/mol. The number of carbonyl (C=O) groups is 1. The summed E-state index contributed by atoms with van der Waals surface area (Å²) < 4.78 is 1.78. The standard InChI is InChI=1S/C14H11N3O/c1-10-5-7-17-12(9-16-13(17)8-10)14(18)11-4-2-3-6-15-11/h2-9H,1H3. The van der Waals surface area contributed by atoms with Crippen LogP contribution in [0.3, 0.4) is 0 Å². The smallest absolute Gasteiger partial charge is 0.229 e. The molecule has 3 heterocycles. The van der Waals surface area contributed by atoms with Crippen molar-refractivity contribution in [1.29, 1.82) is 0 Å². The maximum absolute atomic E-state index is 12.3. The van der Waals surface area contributed by atoms with E-state index in [4.69, 9.17) is 0 Å². The molecule has 4 heteroatoms. The molecule has 0 aliphatic rings. The van der Waals surface area contributed by atoms with Crippen LogP contribution in [-0.4, -0.2) is 20.2 Å². The van der Waals surface area contributed by atoms with Crippen LogP contribution in [0.2, 0.25) is 0 Å². The number of ketones is 1. The molecule has 0 spiro atoms. The highest BCUT2D eigenvalue weighted by atomic mass is 16.1. The molecule has 18 heavy (non-hydrogen) atoms. The predicted octanol–water partition coefficient (Wildman–Crippen LogP) is 2.27. The second-order valence-corrected chi connectivity index (χ2v) is 4.12. The van der Waals surface area contributed by atoms with E-state index in [1.165, 1.54) is 0 Å². The zero-order valence-electron chi connectivity index (χ0n) is 9.87. The van der Waals surface area contributed by atoms with Crippen molar-refractivity contribution >= 4 is 11.4 Å². The van der Waals surface area contributed by atoms with Gasteiger partial charge in [0, 0.05) is 12.4 Å². The van der Waals surface area contributed by atoms with E-state index in [1.807, 2.05) is 25.3 Å². The third-order valence-electron chi connectivity index (χ3n) is 2.80. The van der Waals surface area contributed by atoms with Gasteiger partial charge in [-0.15, -0.1) is 0 Å². The van der Waals surface area contributed by atoms with Crippen LogP contribution in [0.4, 0.5) is 0 Å². The van der Waals surface area contributed by atoms with Crippen LogP contribution in [0.1, 0.15) is 21.7 Å². The van der Waals surface area contributed by atoms with Crippen molar-refractivity contribution in [2.24, 2.45) is 0 Å². The van der Waals surface area contributed by atoms with Gasteiger partial charge in [0.25, 0.3) is 0 Å². The third kappa shape index (κ3) is 1.68. The SMILES string of the molecule is Cc1ccn2c(C(=O)c3ccccn3)cnc2c1. The molecule has 0 unspecified atom stereocenters. The molecule has 88 valence electrons. The van der Waals surface area contributed by atoms with Crippen molar-refractivity contribution in [3.8, 4) is 0 Å². The molecule has 3 aromatic heterocycles. The largest absolute Gasteiger partial charge is 0.297 e. The van der Waals surface area contributed by atoms with Gasteiger partial charge in [0.15, 0.2) is 0 Å². The van der Waals surface area contributed by atoms with Crippen LogP contribution >= 0.6 is 0 Å². The van der Waals surface area contributed by atoms with Gasteiger partial charge < -0.3 is 0 Å². The fourth-order valence-corrected chi connectivity index (χ4v) is 1.88. The fourth-order valence-electron chi connectivity index (χ4n) is 1.88. The number of hydrogen-bond acceptors (Lipinski definition) is 3. The van der Waals surface area contributed by atoms with E-state index in [-0.39, 0.29) is 5.78 Å². The minimum atomic E-state index is -0.119. The molecule has 0 N–H and O–H groups in total. The summed E-state index contributed by atoms with van der Waals surface area (Å²) in [5.74, 6) is -0.119. The van der Waals surface area contributed by atoms with E-state index < -0.39 is 0 Å². The Morgan fingerprint density at radius 1 is 1.22 bits per heavy atom. The molecule has 0 bridgehead atoms. The molecular formula is C14H11N3O. The summed E-state index contributed by atoms with van der Waals surface area (Å²) in [5.41, 5.74) is 2.85. The molecule has 0 saturated carbocycles. The van der Waals surface area contributed by atoms with E-state index in [0.29, 0.717) is 11.4 Å². The van der Waals surface area contributed by atoms with E-state index in [0.717, 1.165) is 11.2 Å². The van der Waals surface area contributed by atoms with Crippen LogP contribution in [0.5, 0.6) is 0 Å². The van der Waals surface area contributed by atoms with Crippen LogP contribution in [-0.2, 0) is 0 Å². The lowest BCUT2D eigenvalue weighted by molar-refractivity contribution is 0.102. The average Bonchev–Trinajstić information content (AvgIpc) is 2.81. The normalized spacial score (nSPS) is 10.7. The molecule has 3 rings (SSSR count). The lowest BCUT2D eigenvalue weighted by Crippen LogP contribution is -2.06. The maximum atomic E-state index is 12.3. The van der Waals surface area contributed by atoms with E-state index in [2.05, 4.69) is 9.97 Å². The number of fused-ring (bicyclic) bond motifs is 1. The van der Waals surface area contributed by atoms with E-state index in [9.17, 15) is 4.79 Å². The first kappa shape index (κ1) is 10.7. The van der Waals surface area contributed by atoms with Crippen molar-refractivity contribution in [1.82, 2.24) is 14.4 Å². The first-order chi connectivity index (χ1) is 8.75. The molecule has 0 amide bonds. The van der Waals surface area contributed by atoms with Gasteiger partial charge in [0.2, 0.25) is 5.78 Å². The van der Waals surface area contributed by atoms with Gasteiger partial charge in [-0.1, -0.05) is 6.07 Å². The highest BCUT2D eigenvalue weighted by Gasteiger charge is 2.14. The Morgan fingerprint density at radius 3 is 2.89 bits per heavy atom. The number of rotatable bonds is 2. The van der Waals surface area contributed by atoms with E-state index in [1.54, 1.807) is 35.0 Å². The molecule has 0 saturated heterocycles. The summed E-state index contributed by atoms with van der Waals surface area (Å²) in [5, 5.41) is 0. The van der Waals surface area contributed by atoms with Gasteiger partial charge in [-0.25, -0.2) is 4.98 Å². The Bertz CT molecular complexity index is 716. The minimum absolute atomic E-state index is 0.119. The second-order valence-electron chi connectivity index (χ2n) is 4.12. The van der Waals surface area contributed by atoms with Crippen molar-refractivity contribution in [2.45, 2.75) is 6.92 Å². The molecular weight excluding hydrogens is 226 g/mol. The summed E-state index contributed by atoms with van der Waals surface area (Å²) in [6.07, 6.45) is 5.06. The fraction of sp³-hybridized carbons (Fsp3) is 0.0714. The van der Waals surface area contributed by atoms with Crippen molar-refractivity contribution < 1.29 is 4.79 Å². The summed E-state index contributed by atoms with van der Waals surface area (Å²) in [4.78, 5) is 20.6. The van der Waals surface area contributed by atoms with Gasteiger partial charge >= 0.3 is 0 Å². The molecule has 0 fully saturated rings. The quantitative estimate of drug-likeness (QED) is 0.642. The molecule has 0 aliphatic carbocycles. The van der Waals surface area contributed by atoms with Gasteiger partial charge in [0.05, 0.1) is 6.20 Å². The molecule has 0 radical (unpaired) electrons. The first-order valence-corrected chi connectivity index (χ1v) is 5.65. The average molecular weight is 237 g/mol. The number of imidazole rings is 1. The molecule has 0 aromatic carbocycles. The zero-order chi connectivity index (χ0) is 12.5. The van der Waals surface area contributed by atoms with Gasteiger partial charge in [0.1, 0.15) is 17.0 Å². The Kier molecular flexibility index (Phi) is 2.41. The van der Waals surface area contributed by atoms with Crippen molar-refractivity contribution in [2.75, 3.05) is 0 Å². The third-order valence-corrected chi connectivity index (χ3v) is 2.80. The topological polar surface area (TPSA) is 47.3 Å². The summed E-state index contributed by atoms with van der Waals surface area (Å²) >= 11 is 0. The number of carbonyl (C=O) groups excluding carboxylic acids is 1. The second kappa shape index (κ2) is 4.07. The summed E-state index contributed by atoms with van der Waals surface area (Å²) in [6.45, 7) is 1.99. The minimum Gasteiger partial charge on any atom is -0.297 e. The number of pyridine rings is 2. The van der Waals surface area contributed by atoms with Crippen LogP contribution < -0.4 is 0 Å². The van der Waals surface area contributed by atoms with Crippen LogP contribution in [0.25, 0.3) is 5.65 Å². The predicted molar refractivity (Wildman–Crippen MR) is 67.6 cm³/mol. The molecule has 0 aliphatic heterocycles. The maximum Gasteiger partial charge on any atom is 0.229 e. The number of hydrogen-bond donors (Lipinski definition) is 0. The Hall–Kier alpha value is -2.49. The zero-order valence-corrected chi connectivity index (χ0v) is 9.87. The van der Waals surface area contributed by atoms with Crippen LogP contribution in [0.15, 0.2) is 48.9 Å². The number of nitrogens with zero attached hydrogens (tertiary/aromatic N) is 3. The van der Waals surface area contributed by atoms with E-state index >= 15 is 0 Å². The Morgan fingerprint density at radius 2 is 2.11 bits per heavy atom. The number of aromatic nitrogens is 3. The Balaban J connectivity index is 2.13. The summed E-state index contributed by atoms with van der Waals surface area (Å²) in [6, 6.07) is 9.18. The van der Waals surface area contributed by atoms with Crippen molar-refractivity contribution in [3.05, 3.63) is 65.9 Å².